The van der Waals surface area contributed by atoms with E-state index < -0.39 is 5.51 Å². The van der Waals surface area contributed by atoms with Gasteiger partial charge >= 0.3 is 5.51 Å². The third kappa shape index (κ3) is 5.62. The van der Waals surface area contributed by atoms with Crippen molar-refractivity contribution in [2.24, 2.45) is 0 Å². The number of pyridine rings is 1. The van der Waals surface area contributed by atoms with Crippen LogP contribution in [-0.2, 0) is 0 Å². The molecule has 0 atom stereocenters. The van der Waals surface area contributed by atoms with Gasteiger partial charge < -0.3 is 14.5 Å². The van der Waals surface area contributed by atoms with Crippen molar-refractivity contribution in [1.82, 2.24) is 14.9 Å². The molecule has 2 aromatic heterocycles. The van der Waals surface area contributed by atoms with E-state index in [4.69, 9.17) is 16.6 Å². The molecule has 5 nitrogen and oxygen atoms in total. The van der Waals surface area contributed by atoms with Gasteiger partial charge in [0.25, 0.3) is 0 Å². The monoisotopic (exact) mass is 485 g/mol. The number of hydrogen-bond donors (Lipinski definition) is 1. The summed E-state index contributed by atoms with van der Waals surface area (Å²) in [5, 5.41) is 3.06. The average molecular weight is 486 g/mol. The van der Waals surface area contributed by atoms with Crippen molar-refractivity contribution in [3.63, 3.8) is 0 Å². The molecule has 1 aliphatic heterocycles. The fourth-order valence-electron chi connectivity index (χ4n) is 3.19. The Kier molecular flexibility index (Phi) is 6.61. The molecule has 0 unspecified atom stereocenters. The molecule has 3 aromatic rings. The van der Waals surface area contributed by atoms with Gasteiger partial charge in [-0.3, -0.25) is 0 Å². The number of nitrogens with one attached hydrogen (secondary N) is 1. The van der Waals surface area contributed by atoms with Crippen LogP contribution >= 0.6 is 34.9 Å². The Hall–Kier alpha value is -2.01. The van der Waals surface area contributed by atoms with E-state index >= 15 is 0 Å². The number of anilines is 2. The minimum atomic E-state index is -4.37. The Labute approximate surface area is 191 Å². The maximum atomic E-state index is 12.4. The highest BCUT2D eigenvalue weighted by atomic mass is 35.5. The molecular weight excluding hydrogens is 467 g/mol. The van der Waals surface area contributed by atoms with E-state index in [-0.39, 0.29) is 17.6 Å². The number of rotatable bonds is 5. The molecule has 1 aromatic carbocycles. The lowest BCUT2D eigenvalue weighted by Gasteiger charge is -2.33. The Morgan fingerprint density at radius 1 is 1.13 bits per heavy atom. The number of halogens is 4. The lowest BCUT2D eigenvalue weighted by Crippen LogP contribution is -2.44. The fourth-order valence-corrected chi connectivity index (χ4v) is 4.65. The predicted molar refractivity (Wildman–Crippen MR) is 123 cm³/mol. The fraction of sp³-hybridized carbons (Fsp3) is 0.300. The minimum absolute atomic E-state index is 0.275. The van der Waals surface area contributed by atoms with Crippen molar-refractivity contribution in [1.29, 1.82) is 0 Å². The molecule has 1 saturated heterocycles. The van der Waals surface area contributed by atoms with Crippen molar-refractivity contribution in [3.8, 4) is 21.8 Å². The number of benzene rings is 1. The molecule has 0 spiro atoms. The van der Waals surface area contributed by atoms with Crippen molar-refractivity contribution < 1.29 is 13.2 Å². The topological polar surface area (TPSA) is 44.3 Å². The third-order valence-corrected chi connectivity index (χ3v) is 6.63. The summed E-state index contributed by atoms with van der Waals surface area (Å²) < 4.78 is 39.3. The molecule has 4 rings (SSSR count). The zero-order valence-electron chi connectivity index (χ0n) is 16.5. The van der Waals surface area contributed by atoms with Gasteiger partial charge in [0.15, 0.2) is 0 Å². The van der Waals surface area contributed by atoms with Crippen LogP contribution in [0.3, 0.4) is 0 Å². The van der Waals surface area contributed by atoms with Gasteiger partial charge in [0.05, 0.1) is 22.7 Å². The first-order valence-electron chi connectivity index (χ1n) is 9.44. The van der Waals surface area contributed by atoms with E-state index in [1.807, 2.05) is 17.5 Å². The van der Waals surface area contributed by atoms with Crippen molar-refractivity contribution in [3.05, 3.63) is 46.9 Å². The molecule has 0 amide bonds. The maximum Gasteiger partial charge on any atom is 0.461 e. The van der Waals surface area contributed by atoms with Gasteiger partial charge in [0.1, 0.15) is 10.8 Å². The second-order valence-electron chi connectivity index (χ2n) is 7.08. The van der Waals surface area contributed by atoms with E-state index in [0.29, 0.717) is 16.3 Å². The molecule has 1 fully saturated rings. The van der Waals surface area contributed by atoms with E-state index in [1.165, 1.54) is 17.4 Å². The number of nitrogens with zero attached hydrogens (tertiary/aromatic N) is 4. The van der Waals surface area contributed by atoms with Gasteiger partial charge in [-0.15, -0.1) is 11.3 Å². The zero-order chi connectivity index (χ0) is 22.0. The molecule has 1 aliphatic rings. The summed E-state index contributed by atoms with van der Waals surface area (Å²) >= 11 is 7.48. The molecule has 0 aliphatic carbocycles. The smallest absolute Gasteiger partial charge is 0.354 e. The highest BCUT2D eigenvalue weighted by Crippen LogP contribution is 2.36. The Bertz CT molecular complexity index is 1050. The quantitative estimate of drug-likeness (QED) is 0.457. The van der Waals surface area contributed by atoms with Crippen LogP contribution in [0.25, 0.3) is 21.8 Å². The van der Waals surface area contributed by atoms with E-state index in [1.54, 1.807) is 18.3 Å². The van der Waals surface area contributed by atoms with Gasteiger partial charge in [0, 0.05) is 54.6 Å². The van der Waals surface area contributed by atoms with E-state index in [2.05, 4.69) is 26.6 Å². The SMILES string of the molecule is CN1CCN(c2cc(-c3nc(-c4ccc(NSC(F)(F)F)cc4Cl)cs3)ccn2)CC1. The molecule has 0 radical (unpaired) electrons. The zero-order valence-corrected chi connectivity index (χ0v) is 18.9. The summed E-state index contributed by atoms with van der Waals surface area (Å²) in [6.07, 6.45) is 1.79. The van der Waals surface area contributed by atoms with Crippen molar-refractivity contribution in [2.45, 2.75) is 5.51 Å². The van der Waals surface area contributed by atoms with Crippen molar-refractivity contribution >= 4 is 46.4 Å². The highest BCUT2D eigenvalue weighted by Gasteiger charge is 2.29. The van der Waals surface area contributed by atoms with Crippen LogP contribution in [0.5, 0.6) is 0 Å². The van der Waals surface area contributed by atoms with Gasteiger partial charge in [-0.25, -0.2) is 9.97 Å². The summed E-state index contributed by atoms with van der Waals surface area (Å²) in [7, 11) is 2.11. The van der Waals surface area contributed by atoms with Crippen LogP contribution < -0.4 is 9.62 Å². The molecule has 3 heterocycles. The molecule has 0 bridgehead atoms. The van der Waals surface area contributed by atoms with Gasteiger partial charge in [-0.05, 0) is 37.4 Å². The molecule has 1 N–H and O–H groups in total. The number of alkyl halides is 3. The first kappa shape index (κ1) is 22.2. The first-order valence-corrected chi connectivity index (χ1v) is 11.5. The van der Waals surface area contributed by atoms with Gasteiger partial charge in [-0.1, -0.05) is 11.6 Å². The number of likely N-dealkylation sites (N-methyl/N-ethyl adjacent to an activating group) is 1. The van der Waals surface area contributed by atoms with E-state index in [9.17, 15) is 13.2 Å². The molecular formula is C20H19ClF3N5S2. The summed E-state index contributed by atoms with van der Waals surface area (Å²) in [5.74, 6) is 0.929. The number of thiazole rings is 1. The van der Waals surface area contributed by atoms with Crippen LogP contribution in [-0.4, -0.2) is 53.6 Å². The summed E-state index contributed by atoms with van der Waals surface area (Å²) in [5.41, 5.74) is -1.78. The molecule has 31 heavy (non-hydrogen) atoms. The second kappa shape index (κ2) is 9.23. The van der Waals surface area contributed by atoms with Gasteiger partial charge in [-0.2, -0.15) is 13.2 Å². The third-order valence-electron chi connectivity index (χ3n) is 4.85. The largest absolute Gasteiger partial charge is 0.461 e. The average Bonchev–Trinajstić information content (AvgIpc) is 3.22. The van der Waals surface area contributed by atoms with Crippen LogP contribution in [0, 0.1) is 0 Å². The Balaban J connectivity index is 1.51. The summed E-state index contributed by atoms with van der Waals surface area (Å²) in [4.78, 5) is 13.8. The van der Waals surface area contributed by atoms with Crippen molar-refractivity contribution in [2.75, 3.05) is 42.8 Å². The molecule has 11 heteroatoms. The lowest BCUT2D eigenvalue weighted by molar-refractivity contribution is -0.0323. The number of piperazine rings is 1. The van der Waals surface area contributed by atoms with Crippen LogP contribution in [0.1, 0.15) is 0 Å². The highest BCUT2D eigenvalue weighted by molar-refractivity contribution is 8.01. The minimum Gasteiger partial charge on any atom is -0.354 e. The number of aromatic nitrogens is 2. The maximum absolute atomic E-state index is 12.4. The molecule has 164 valence electrons. The Morgan fingerprint density at radius 2 is 1.90 bits per heavy atom. The lowest BCUT2D eigenvalue weighted by atomic mass is 10.1. The van der Waals surface area contributed by atoms with Crippen LogP contribution in [0.2, 0.25) is 5.02 Å². The Morgan fingerprint density at radius 3 is 2.61 bits per heavy atom. The predicted octanol–water partition coefficient (Wildman–Crippen LogP) is 5.86. The van der Waals surface area contributed by atoms with Crippen LogP contribution in [0.15, 0.2) is 41.9 Å². The van der Waals surface area contributed by atoms with Gasteiger partial charge in [0.2, 0.25) is 0 Å². The van der Waals surface area contributed by atoms with Crippen LogP contribution in [0.4, 0.5) is 24.7 Å². The summed E-state index contributed by atoms with van der Waals surface area (Å²) in [6.45, 7) is 3.85. The first-order chi connectivity index (χ1) is 14.8. The normalized spacial score (nSPS) is 15.3. The second-order valence-corrected chi connectivity index (χ2v) is 9.21. The standard InChI is InChI=1S/C20H19ClF3N5S2/c1-28-6-8-29(9-7-28)18-10-13(4-5-25-18)19-26-17(12-30-19)15-3-2-14(11-16(15)21)27-31-20(22,23)24/h2-5,10-12,27H,6-9H2,1H3. The molecule has 0 saturated carbocycles. The van der Waals surface area contributed by atoms with E-state index in [0.717, 1.165) is 42.6 Å². The summed E-state index contributed by atoms with van der Waals surface area (Å²) in [6, 6.07) is 8.65. The number of hydrogen-bond acceptors (Lipinski definition) is 7.